The molecule has 1 aromatic heterocycles. The van der Waals surface area contributed by atoms with Gasteiger partial charge in [-0.2, -0.15) is 0 Å². The number of imidazole rings is 1. The van der Waals surface area contributed by atoms with Crippen molar-refractivity contribution in [3.05, 3.63) is 42.4 Å². The van der Waals surface area contributed by atoms with E-state index in [2.05, 4.69) is 17.1 Å². The standard InChI is InChI=1S/C12H15N3.ClH/c1-15-9-11(14-12(15)7-8-13)10-5-3-2-4-6-10;/h2-6,9H,7-8,13H2,1H3;1H. The molecule has 86 valence electrons. The first-order chi connectivity index (χ1) is 7.31. The Labute approximate surface area is 102 Å². The second kappa shape index (κ2) is 5.68. The van der Waals surface area contributed by atoms with Gasteiger partial charge in [0.25, 0.3) is 0 Å². The number of aryl methyl sites for hydroxylation is 1. The van der Waals surface area contributed by atoms with Gasteiger partial charge in [0, 0.05) is 25.2 Å². The molecule has 2 N–H and O–H groups in total. The van der Waals surface area contributed by atoms with Crippen molar-refractivity contribution in [3.8, 4) is 11.3 Å². The molecule has 0 aliphatic rings. The van der Waals surface area contributed by atoms with Gasteiger partial charge < -0.3 is 10.3 Å². The van der Waals surface area contributed by atoms with Crippen LogP contribution in [0.25, 0.3) is 11.3 Å². The smallest absolute Gasteiger partial charge is 0.110 e. The van der Waals surface area contributed by atoms with E-state index in [-0.39, 0.29) is 12.4 Å². The molecule has 2 aromatic rings. The Hall–Kier alpha value is -1.32. The van der Waals surface area contributed by atoms with E-state index in [0.29, 0.717) is 6.54 Å². The summed E-state index contributed by atoms with van der Waals surface area (Å²) in [6.07, 6.45) is 2.86. The number of halogens is 1. The van der Waals surface area contributed by atoms with Gasteiger partial charge in [-0.3, -0.25) is 0 Å². The van der Waals surface area contributed by atoms with Crippen molar-refractivity contribution in [2.75, 3.05) is 6.54 Å². The number of aromatic nitrogens is 2. The van der Waals surface area contributed by atoms with Crippen molar-refractivity contribution in [1.29, 1.82) is 0 Å². The van der Waals surface area contributed by atoms with Crippen LogP contribution in [-0.4, -0.2) is 16.1 Å². The van der Waals surface area contributed by atoms with Crippen molar-refractivity contribution in [1.82, 2.24) is 9.55 Å². The molecule has 0 bridgehead atoms. The topological polar surface area (TPSA) is 43.8 Å². The van der Waals surface area contributed by atoms with Crippen molar-refractivity contribution in [2.24, 2.45) is 12.8 Å². The average molecular weight is 238 g/mol. The van der Waals surface area contributed by atoms with Gasteiger partial charge >= 0.3 is 0 Å². The van der Waals surface area contributed by atoms with Gasteiger partial charge in [-0.05, 0) is 6.54 Å². The molecular formula is C12H16ClN3. The maximum absolute atomic E-state index is 5.52. The molecule has 0 spiro atoms. The second-order valence-corrected chi connectivity index (χ2v) is 3.56. The summed E-state index contributed by atoms with van der Waals surface area (Å²) in [6.45, 7) is 0.638. The largest absolute Gasteiger partial charge is 0.337 e. The number of nitrogens with zero attached hydrogens (tertiary/aromatic N) is 2. The minimum absolute atomic E-state index is 0. The normalized spacial score (nSPS) is 9.88. The SMILES string of the molecule is Cl.Cn1cc(-c2ccccc2)nc1CCN. The Kier molecular flexibility index (Phi) is 4.52. The second-order valence-electron chi connectivity index (χ2n) is 3.56. The van der Waals surface area contributed by atoms with E-state index in [1.54, 1.807) is 0 Å². The maximum Gasteiger partial charge on any atom is 0.110 e. The molecule has 4 heteroatoms. The molecule has 0 amide bonds. The lowest BCUT2D eigenvalue weighted by atomic mass is 10.2. The highest BCUT2D eigenvalue weighted by molar-refractivity contribution is 5.85. The van der Waals surface area contributed by atoms with E-state index < -0.39 is 0 Å². The van der Waals surface area contributed by atoms with Crippen LogP contribution in [0.1, 0.15) is 5.82 Å². The van der Waals surface area contributed by atoms with E-state index in [1.165, 1.54) is 0 Å². The van der Waals surface area contributed by atoms with Crippen LogP contribution in [0.2, 0.25) is 0 Å². The van der Waals surface area contributed by atoms with Crippen LogP contribution in [0.15, 0.2) is 36.5 Å². The molecule has 0 fully saturated rings. The van der Waals surface area contributed by atoms with Crippen LogP contribution in [0.3, 0.4) is 0 Å². The summed E-state index contributed by atoms with van der Waals surface area (Å²) in [6, 6.07) is 10.2. The fourth-order valence-corrected chi connectivity index (χ4v) is 1.61. The first-order valence-electron chi connectivity index (χ1n) is 5.09. The Morgan fingerprint density at radius 2 is 1.94 bits per heavy atom. The predicted octanol–water partition coefficient (Wildman–Crippen LogP) is 2.01. The zero-order chi connectivity index (χ0) is 10.7. The van der Waals surface area contributed by atoms with Crippen LogP contribution in [0.5, 0.6) is 0 Å². The lowest BCUT2D eigenvalue weighted by molar-refractivity contribution is 0.778. The van der Waals surface area contributed by atoms with E-state index >= 15 is 0 Å². The number of hydrogen-bond acceptors (Lipinski definition) is 2. The first kappa shape index (κ1) is 12.7. The Balaban J connectivity index is 0.00000128. The summed E-state index contributed by atoms with van der Waals surface area (Å²) in [4.78, 5) is 4.55. The third-order valence-corrected chi connectivity index (χ3v) is 2.41. The molecule has 16 heavy (non-hydrogen) atoms. The molecule has 1 aromatic carbocycles. The molecular weight excluding hydrogens is 222 g/mol. The number of hydrogen-bond donors (Lipinski definition) is 1. The van der Waals surface area contributed by atoms with E-state index in [9.17, 15) is 0 Å². The van der Waals surface area contributed by atoms with Crippen LogP contribution in [0, 0.1) is 0 Å². The summed E-state index contributed by atoms with van der Waals surface area (Å²) in [5.41, 5.74) is 7.69. The zero-order valence-electron chi connectivity index (χ0n) is 9.26. The number of rotatable bonds is 3. The fourth-order valence-electron chi connectivity index (χ4n) is 1.61. The highest BCUT2D eigenvalue weighted by Gasteiger charge is 2.05. The highest BCUT2D eigenvalue weighted by atomic mass is 35.5. The minimum atomic E-state index is 0. The average Bonchev–Trinajstić information content (AvgIpc) is 2.63. The molecule has 0 aliphatic carbocycles. The predicted molar refractivity (Wildman–Crippen MR) is 68.7 cm³/mol. The molecule has 0 atom stereocenters. The molecule has 3 nitrogen and oxygen atoms in total. The molecule has 0 aliphatic heterocycles. The molecule has 0 unspecified atom stereocenters. The summed E-state index contributed by atoms with van der Waals surface area (Å²) in [7, 11) is 2.00. The Morgan fingerprint density at radius 1 is 1.25 bits per heavy atom. The van der Waals surface area contributed by atoms with Crippen LogP contribution >= 0.6 is 12.4 Å². The van der Waals surface area contributed by atoms with E-state index in [4.69, 9.17) is 5.73 Å². The number of benzene rings is 1. The van der Waals surface area contributed by atoms with Gasteiger partial charge in [-0.25, -0.2) is 4.98 Å². The fraction of sp³-hybridized carbons (Fsp3) is 0.250. The van der Waals surface area contributed by atoms with E-state index in [1.807, 2.05) is 36.0 Å². The minimum Gasteiger partial charge on any atom is -0.337 e. The maximum atomic E-state index is 5.52. The van der Waals surface area contributed by atoms with Crippen molar-refractivity contribution >= 4 is 12.4 Å². The molecule has 0 radical (unpaired) electrons. The zero-order valence-corrected chi connectivity index (χ0v) is 10.1. The van der Waals surface area contributed by atoms with Crippen LogP contribution in [0.4, 0.5) is 0 Å². The quantitative estimate of drug-likeness (QED) is 0.888. The monoisotopic (exact) mass is 237 g/mol. The molecule has 0 saturated heterocycles. The lowest BCUT2D eigenvalue weighted by Crippen LogP contribution is -2.07. The summed E-state index contributed by atoms with van der Waals surface area (Å²) in [5, 5.41) is 0. The van der Waals surface area contributed by atoms with E-state index in [0.717, 1.165) is 23.5 Å². The summed E-state index contributed by atoms with van der Waals surface area (Å²) >= 11 is 0. The lowest BCUT2D eigenvalue weighted by Gasteiger charge is -1.96. The molecule has 2 rings (SSSR count). The van der Waals surface area contributed by atoms with Gasteiger partial charge in [0.15, 0.2) is 0 Å². The first-order valence-corrected chi connectivity index (χ1v) is 5.09. The third-order valence-electron chi connectivity index (χ3n) is 2.41. The van der Waals surface area contributed by atoms with Gasteiger partial charge in [0.2, 0.25) is 0 Å². The van der Waals surface area contributed by atoms with Gasteiger partial charge in [-0.15, -0.1) is 12.4 Å². The summed E-state index contributed by atoms with van der Waals surface area (Å²) in [5.74, 6) is 1.04. The van der Waals surface area contributed by atoms with Crippen LogP contribution < -0.4 is 5.73 Å². The molecule has 0 saturated carbocycles. The van der Waals surface area contributed by atoms with Gasteiger partial charge in [0.05, 0.1) is 5.69 Å². The van der Waals surface area contributed by atoms with Crippen molar-refractivity contribution in [3.63, 3.8) is 0 Å². The summed E-state index contributed by atoms with van der Waals surface area (Å²) < 4.78 is 2.04. The molecule has 1 heterocycles. The van der Waals surface area contributed by atoms with Gasteiger partial charge in [0.1, 0.15) is 5.82 Å². The Bertz CT molecular complexity index is 437. The van der Waals surface area contributed by atoms with Crippen molar-refractivity contribution < 1.29 is 0 Å². The van der Waals surface area contributed by atoms with Crippen LogP contribution in [-0.2, 0) is 13.5 Å². The van der Waals surface area contributed by atoms with Crippen molar-refractivity contribution in [2.45, 2.75) is 6.42 Å². The third kappa shape index (κ3) is 2.62. The Morgan fingerprint density at radius 3 is 2.56 bits per heavy atom. The number of nitrogens with two attached hydrogens (primary N) is 1. The van der Waals surface area contributed by atoms with Gasteiger partial charge in [-0.1, -0.05) is 30.3 Å². The highest BCUT2D eigenvalue weighted by Crippen LogP contribution is 2.17.